The summed E-state index contributed by atoms with van der Waals surface area (Å²) in [6.45, 7) is 1.35. The van der Waals surface area contributed by atoms with Crippen molar-refractivity contribution in [2.24, 2.45) is 0 Å². The van der Waals surface area contributed by atoms with Crippen LogP contribution in [0.2, 0.25) is 10.0 Å². The summed E-state index contributed by atoms with van der Waals surface area (Å²) in [4.78, 5) is 30.4. The fraction of sp³-hybridized carbons (Fsp3) is 0.297. The fourth-order valence-electron chi connectivity index (χ4n) is 5.96. The molecule has 0 spiro atoms. The lowest BCUT2D eigenvalue weighted by atomic mass is 9.94. The van der Waals surface area contributed by atoms with Crippen molar-refractivity contribution in [2.45, 2.75) is 69.0 Å². The van der Waals surface area contributed by atoms with Crippen LogP contribution in [0.1, 0.15) is 48.8 Å². The molecule has 0 aliphatic heterocycles. The molecule has 246 valence electrons. The molecule has 2 amide bonds. The summed E-state index contributed by atoms with van der Waals surface area (Å²) < 4.78 is 29.4. The maximum Gasteiger partial charge on any atom is 0.264 e. The van der Waals surface area contributed by atoms with E-state index in [1.807, 2.05) is 43.3 Å². The number of aryl methyl sites for hydroxylation is 1. The fourth-order valence-corrected chi connectivity index (χ4v) is 7.71. The van der Waals surface area contributed by atoms with Crippen LogP contribution in [-0.4, -0.2) is 43.8 Å². The third-order valence-corrected chi connectivity index (χ3v) is 11.0. The Hall–Kier alpha value is -3.85. The van der Waals surface area contributed by atoms with Crippen LogP contribution in [0.5, 0.6) is 0 Å². The van der Waals surface area contributed by atoms with Gasteiger partial charge in [-0.3, -0.25) is 13.9 Å². The summed E-state index contributed by atoms with van der Waals surface area (Å²) in [6, 6.07) is 28.7. The van der Waals surface area contributed by atoms with E-state index in [1.54, 1.807) is 54.6 Å². The number of carbonyl (C=O) groups is 2. The number of anilines is 1. The molecule has 0 heterocycles. The molecule has 1 atom stereocenters. The molecule has 0 aromatic heterocycles. The molecule has 1 aliphatic carbocycles. The zero-order chi connectivity index (χ0) is 33.4. The van der Waals surface area contributed by atoms with Crippen molar-refractivity contribution < 1.29 is 18.0 Å². The Morgan fingerprint density at radius 1 is 0.809 bits per heavy atom. The molecule has 1 fully saturated rings. The van der Waals surface area contributed by atoms with Gasteiger partial charge in [0.1, 0.15) is 12.6 Å². The van der Waals surface area contributed by atoms with Crippen LogP contribution in [0.3, 0.4) is 0 Å². The second-order valence-corrected chi connectivity index (χ2v) is 14.7. The van der Waals surface area contributed by atoms with Crippen LogP contribution in [0.4, 0.5) is 5.69 Å². The van der Waals surface area contributed by atoms with Gasteiger partial charge in [-0.15, -0.1) is 0 Å². The first-order chi connectivity index (χ1) is 22.6. The van der Waals surface area contributed by atoms with E-state index < -0.39 is 28.5 Å². The van der Waals surface area contributed by atoms with Crippen molar-refractivity contribution in [3.63, 3.8) is 0 Å². The Bertz CT molecular complexity index is 1780. The Morgan fingerprint density at radius 3 is 2.15 bits per heavy atom. The van der Waals surface area contributed by atoms with Crippen LogP contribution in [0, 0.1) is 6.92 Å². The molecule has 1 saturated carbocycles. The Kier molecular flexibility index (Phi) is 11.6. The largest absolute Gasteiger partial charge is 0.352 e. The first-order valence-corrected chi connectivity index (χ1v) is 18.0. The number of nitrogens with zero attached hydrogens (tertiary/aromatic N) is 2. The number of rotatable bonds is 12. The second-order valence-electron chi connectivity index (χ2n) is 12.0. The summed E-state index contributed by atoms with van der Waals surface area (Å²) in [7, 11) is -4.17. The minimum absolute atomic E-state index is 0.0123. The van der Waals surface area contributed by atoms with Crippen LogP contribution < -0.4 is 9.62 Å². The molecule has 4 aromatic carbocycles. The number of carbonyl (C=O) groups excluding carboxylic acids is 2. The smallest absolute Gasteiger partial charge is 0.264 e. The molecule has 5 rings (SSSR count). The normalized spacial score (nSPS) is 14.3. The maximum absolute atomic E-state index is 14.7. The van der Waals surface area contributed by atoms with Gasteiger partial charge >= 0.3 is 0 Å². The van der Waals surface area contributed by atoms with Gasteiger partial charge in [0.05, 0.1) is 20.6 Å². The average Bonchev–Trinajstić information content (AvgIpc) is 3.08. The van der Waals surface area contributed by atoms with Gasteiger partial charge in [-0.05, 0) is 72.9 Å². The molecular formula is C37H39Cl2N3O4S. The quantitative estimate of drug-likeness (QED) is 0.166. The van der Waals surface area contributed by atoms with Gasteiger partial charge in [0.2, 0.25) is 11.8 Å². The Balaban J connectivity index is 1.57. The molecule has 10 heteroatoms. The number of benzene rings is 4. The van der Waals surface area contributed by atoms with Crippen molar-refractivity contribution >= 4 is 50.7 Å². The van der Waals surface area contributed by atoms with Gasteiger partial charge in [-0.1, -0.05) is 109 Å². The van der Waals surface area contributed by atoms with Crippen LogP contribution >= 0.6 is 23.2 Å². The summed E-state index contributed by atoms with van der Waals surface area (Å²) in [5.41, 5.74) is 2.72. The monoisotopic (exact) mass is 691 g/mol. The van der Waals surface area contributed by atoms with Gasteiger partial charge < -0.3 is 10.2 Å². The highest BCUT2D eigenvalue weighted by molar-refractivity contribution is 7.92. The highest BCUT2D eigenvalue weighted by Crippen LogP contribution is 2.28. The first kappa shape index (κ1) is 34.5. The average molecular weight is 693 g/mol. The lowest BCUT2D eigenvalue weighted by Gasteiger charge is -2.35. The molecule has 4 aromatic rings. The topological polar surface area (TPSA) is 86.8 Å². The number of hydrogen-bond acceptors (Lipinski definition) is 4. The predicted molar refractivity (Wildman–Crippen MR) is 188 cm³/mol. The van der Waals surface area contributed by atoms with Crippen molar-refractivity contribution in [2.75, 3.05) is 10.8 Å². The van der Waals surface area contributed by atoms with Crippen LogP contribution in [-0.2, 0) is 32.6 Å². The number of nitrogens with one attached hydrogen (secondary N) is 1. The van der Waals surface area contributed by atoms with Crippen molar-refractivity contribution in [1.29, 1.82) is 0 Å². The molecule has 47 heavy (non-hydrogen) atoms. The van der Waals surface area contributed by atoms with Crippen molar-refractivity contribution in [1.82, 2.24) is 10.2 Å². The number of halogens is 2. The lowest BCUT2D eigenvalue weighted by molar-refractivity contribution is -0.140. The van der Waals surface area contributed by atoms with Crippen molar-refractivity contribution in [3.8, 4) is 0 Å². The van der Waals surface area contributed by atoms with Gasteiger partial charge in [0.15, 0.2) is 0 Å². The first-order valence-electron chi connectivity index (χ1n) is 15.8. The van der Waals surface area contributed by atoms with E-state index in [9.17, 15) is 18.0 Å². The van der Waals surface area contributed by atoms with E-state index >= 15 is 0 Å². The maximum atomic E-state index is 14.7. The number of amides is 2. The lowest BCUT2D eigenvalue weighted by Crippen LogP contribution is -2.55. The van der Waals surface area contributed by atoms with E-state index in [0.29, 0.717) is 21.3 Å². The van der Waals surface area contributed by atoms with E-state index in [0.717, 1.165) is 47.5 Å². The molecule has 0 saturated heterocycles. The van der Waals surface area contributed by atoms with E-state index in [-0.39, 0.29) is 29.8 Å². The van der Waals surface area contributed by atoms with Crippen LogP contribution in [0.15, 0.2) is 108 Å². The summed E-state index contributed by atoms with van der Waals surface area (Å²) in [5.74, 6) is -0.806. The molecule has 1 aliphatic rings. The third-order valence-electron chi connectivity index (χ3n) is 8.46. The van der Waals surface area contributed by atoms with Gasteiger partial charge in [-0.2, -0.15) is 0 Å². The second kappa shape index (κ2) is 15.8. The molecule has 1 N–H and O–H groups in total. The third kappa shape index (κ3) is 8.95. The van der Waals surface area contributed by atoms with Gasteiger partial charge in [0.25, 0.3) is 10.0 Å². The zero-order valence-corrected chi connectivity index (χ0v) is 28.6. The SMILES string of the molecule is Cc1cccc(N(CC(=O)N(Cc2ccc(Cl)c(Cl)c2)[C@@H](Cc2ccccc2)C(=O)NC2CCCCC2)S(=O)(=O)c2ccccc2)c1. The minimum Gasteiger partial charge on any atom is -0.352 e. The molecular weight excluding hydrogens is 653 g/mol. The predicted octanol–water partition coefficient (Wildman–Crippen LogP) is 7.59. The Labute approximate surface area is 287 Å². The van der Waals surface area contributed by atoms with Crippen LogP contribution in [0.25, 0.3) is 0 Å². The van der Waals surface area contributed by atoms with Crippen molar-refractivity contribution in [3.05, 3.63) is 130 Å². The van der Waals surface area contributed by atoms with Gasteiger partial charge in [0, 0.05) is 19.0 Å². The highest BCUT2D eigenvalue weighted by atomic mass is 35.5. The molecule has 0 radical (unpaired) electrons. The molecule has 7 nitrogen and oxygen atoms in total. The van der Waals surface area contributed by atoms with E-state index in [2.05, 4.69) is 5.32 Å². The standard InChI is InChI=1S/C37H39Cl2N3O4S/c1-27-12-11-17-31(22-27)42(47(45,46)32-18-9-4-10-19-32)26-36(43)41(25-29-20-21-33(38)34(39)23-29)35(24-28-13-5-2-6-14-28)37(44)40-30-15-7-3-8-16-30/h2,4-6,9-14,17-23,30,35H,3,7-8,15-16,24-26H2,1H3,(H,40,44)/t35-/m0/s1. The summed E-state index contributed by atoms with van der Waals surface area (Å²) >= 11 is 12.6. The summed E-state index contributed by atoms with van der Waals surface area (Å²) in [6.07, 6.45) is 5.18. The summed E-state index contributed by atoms with van der Waals surface area (Å²) in [5, 5.41) is 3.90. The number of sulfonamides is 1. The van der Waals surface area contributed by atoms with Gasteiger partial charge in [-0.25, -0.2) is 8.42 Å². The Morgan fingerprint density at radius 2 is 1.49 bits per heavy atom. The minimum atomic E-state index is -4.17. The van der Waals surface area contributed by atoms with E-state index in [4.69, 9.17) is 23.2 Å². The highest BCUT2D eigenvalue weighted by Gasteiger charge is 2.35. The molecule has 0 unspecified atom stereocenters. The number of hydrogen-bond donors (Lipinski definition) is 1. The zero-order valence-electron chi connectivity index (χ0n) is 26.3. The molecule has 0 bridgehead atoms. The van der Waals surface area contributed by atoms with E-state index in [1.165, 1.54) is 17.0 Å².